The molecule has 0 radical (unpaired) electrons. The number of hydrogen-bond donors (Lipinski definition) is 2. The second-order valence-corrected chi connectivity index (χ2v) is 10.7. The Kier molecular flexibility index (Phi) is 6.86. The highest BCUT2D eigenvalue weighted by molar-refractivity contribution is 7.19. The minimum absolute atomic E-state index is 0.0923. The van der Waals surface area contributed by atoms with Gasteiger partial charge >= 0.3 is 0 Å². The molecule has 4 aromatic rings. The summed E-state index contributed by atoms with van der Waals surface area (Å²) in [7, 11) is 0. The van der Waals surface area contributed by atoms with Gasteiger partial charge in [-0.15, -0.1) is 22.7 Å². The molecule has 3 aromatic heterocycles. The Morgan fingerprint density at radius 3 is 2.83 bits per heavy atom. The van der Waals surface area contributed by atoms with Crippen LogP contribution >= 0.6 is 34.3 Å². The van der Waals surface area contributed by atoms with Gasteiger partial charge in [-0.25, -0.2) is 4.98 Å². The molecule has 0 aliphatic carbocycles. The molecule has 0 saturated heterocycles. The van der Waals surface area contributed by atoms with Crippen LogP contribution in [0.1, 0.15) is 28.3 Å². The van der Waals surface area contributed by atoms with E-state index in [2.05, 4.69) is 16.4 Å². The normalized spacial score (nSPS) is 17.8. The largest absolute Gasteiger partial charge is 0.384 e. The summed E-state index contributed by atoms with van der Waals surface area (Å²) in [5, 5.41) is 7.16. The number of aliphatic imine (C=N–C) groups is 1. The highest BCUT2D eigenvalue weighted by Crippen LogP contribution is 2.28. The zero-order chi connectivity index (χ0) is 24.4. The number of benzene rings is 1. The third-order valence-electron chi connectivity index (χ3n) is 5.84. The fraction of sp³-hybridized carbons (Fsp3) is 0.192. The van der Waals surface area contributed by atoms with Gasteiger partial charge in [0.05, 0.1) is 23.2 Å². The molecule has 178 valence electrons. The monoisotopic (exact) mass is 521 g/mol. The van der Waals surface area contributed by atoms with E-state index >= 15 is 0 Å². The van der Waals surface area contributed by atoms with Gasteiger partial charge in [0, 0.05) is 32.7 Å². The molecule has 1 aliphatic rings. The number of nitrogens with two attached hydrogens (primary N) is 1. The zero-order valence-corrected chi connectivity index (χ0v) is 21.5. The van der Waals surface area contributed by atoms with Gasteiger partial charge in [-0.2, -0.15) is 0 Å². The molecule has 1 atom stereocenters. The number of carbonyl (C=O) groups is 1. The molecular weight excluding hydrogens is 498 g/mol. The topological polar surface area (TPSA) is 83.6 Å². The summed E-state index contributed by atoms with van der Waals surface area (Å²) in [4.78, 5) is 26.9. The molecule has 1 amide bonds. The van der Waals surface area contributed by atoms with Crippen LogP contribution < -0.4 is 11.1 Å². The molecule has 9 heteroatoms. The molecule has 0 spiro atoms. The van der Waals surface area contributed by atoms with E-state index in [1.165, 1.54) is 4.88 Å². The molecule has 4 heterocycles. The number of anilines is 1. The Bertz CT molecular complexity index is 1410. The Hall–Kier alpha value is -3.20. The number of nitrogen functional groups attached to an aromatic ring is 1. The van der Waals surface area contributed by atoms with E-state index < -0.39 is 0 Å². The number of fused-ring (bicyclic) bond motifs is 1. The number of aromatic nitrogens is 1. The number of nitrogens with zero attached hydrogens (tertiary/aromatic N) is 3. The first kappa shape index (κ1) is 23.5. The second-order valence-electron chi connectivity index (χ2n) is 8.16. The number of allylic oxidation sites excluding steroid dienone is 1. The van der Waals surface area contributed by atoms with Gasteiger partial charge in [0.25, 0.3) is 5.91 Å². The predicted molar refractivity (Wildman–Crippen MR) is 146 cm³/mol. The quantitative estimate of drug-likeness (QED) is 0.332. The lowest BCUT2D eigenvalue weighted by molar-refractivity contribution is -0.124. The molecular formula is C26H24ClN5OS2. The van der Waals surface area contributed by atoms with Crippen molar-refractivity contribution in [3.05, 3.63) is 92.2 Å². The summed E-state index contributed by atoms with van der Waals surface area (Å²) in [5.41, 5.74) is 7.43. The van der Waals surface area contributed by atoms with E-state index in [9.17, 15) is 4.79 Å². The summed E-state index contributed by atoms with van der Waals surface area (Å²) in [5.74, 6) is 1.12. The summed E-state index contributed by atoms with van der Waals surface area (Å²) in [6, 6.07) is 15.5. The Morgan fingerprint density at radius 2 is 2.09 bits per heavy atom. The number of halogens is 1. The van der Waals surface area contributed by atoms with Crippen molar-refractivity contribution in [3.63, 3.8) is 0 Å². The van der Waals surface area contributed by atoms with Crippen LogP contribution in [0.25, 0.3) is 10.1 Å². The van der Waals surface area contributed by atoms with E-state index in [1.807, 2.05) is 60.8 Å². The van der Waals surface area contributed by atoms with E-state index in [4.69, 9.17) is 22.3 Å². The zero-order valence-electron chi connectivity index (χ0n) is 19.1. The number of carbonyl (C=O) groups excluding carboxylic acids is 1. The smallest absolute Gasteiger partial charge is 0.275 e. The van der Waals surface area contributed by atoms with Crippen LogP contribution in [0.2, 0.25) is 5.02 Å². The Labute approximate surface area is 216 Å². The molecule has 1 aliphatic heterocycles. The van der Waals surface area contributed by atoms with Crippen LogP contribution in [0.15, 0.2) is 76.9 Å². The van der Waals surface area contributed by atoms with Crippen molar-refractivity contribution >= 4 is 61.9 Å². The Morgan fingerprint density at radius 1 is 1.26 bits per heavy atom. The van der Waals surface area contributed by atoms with Crippen LogP contribution in [0.3, 0.4) is 0 Å². The van der Waals surface area contributed by atoms with Gasteiger partial charge < -0.3 is 11.1 Å². The minimum Gasteiger partial charge on any atom is -0.384 e. The Balaban J connectivity index is 1.47. The summed E-state index contributed by atoms with van der Waals surface area (Å²) in [6.07, 6.45) is 4.33. The lowest BCUT2D eigenvalue weighted by atomic mass is 10.1. The van der Waals surface area contributed by atoms with Crippen LogP contribution in [-0.2, 0) is 11.2 Å². The summed E-state index contributed by atoms with van der Waals surface area (Å²) < 4.78 is 1.10. The van der Waals surface area contributed by atoms with E-state index in [-0.39, 0.29) is 11.9 Å². The van der Waals surface area contributed by atoms with Crippen LogP contribution in [-0.4, -0.2) is 34.7 Å². The van der Waals surface area contributed by atoms with Crippen molar-refractivity contribution in [1.82, 2.24) is 15.2 Å². The van der Waals surface area contributed by atoms with Crippen molar-refractivity contribution < 1.29 is 4.79 Å². The first-order valence-corrected chi connectivity index (χ1v) is 13.3. The van der Waals surface area contributed by atoms with Gasteiger partial charge in [-0.1, -0.05) is 35.9 Å². The van der Waals surface area contributed by atoms with E-state index in [1.54, 1.807) is 33.8 Å². The van der Waals surface area contributed by atoms with Gasteiger partial charge in [0.15, 0.2) is 0 Å². The number of hydrogen-bond acceptors (Lipinski definition) is 7. The summed E-state index contributed by atoms with van der Waals surface area (Å²) in [6.45, 7) is 2.88. The average Bonchev–Trinajstić information content (AvgIpc) is 3.52. The maximum atomic E-state index is 13.8. The molecule has 1 aromatic carbocycles. The maximum absolute atomic E-state index is 13.8. The van der Waals surface area contributed by atoms with Gasteiger partial charge in [-0.3, -0.25) is 14.7 Å². The maximum Gasteiger partial charge on any atom is 0.275 e. The van der Waals surface area contributed by atoms with Crippen LogP contribution in [0.4, 0.5) is 5.82 Å². The van der Waals surface area contributed by atoms with Crippen molar-refractivity contribution in [3.8, 4) is 0 Å². The highest BCUT2D eigenvalue weighted by atomic mass is 35.5. The lowest BCUT2D eigenvalue weighted by Gasteiger charge is -2.30. The number of nitrogens with one attached hydrogen (secondary N) is 1. The molecule has 35 heavy (non-hydrogen) atoms. The number of rotatable bonds is 5. The first-order chi connectivity index (χ1) is 17.0. The van der Waals surface area contributed by atoms with Gasteiger partial charge in [-0.05, 0) is 54.6 Å². The second kappa shape index (κ2) is 10.2. The highest BCUT2D eigenvalue weighted by Gasteiger charge is 2.29. The van der Waals surface area contributed by atoms with Crippen LogP contribution in [0.5, 0.6) is 0 Å². The number of amidine groups is 1. The molecule has 0 bridgehead atoms. The van der Waals surface area contributed by atoms with Crippen molar-refractivity contribution in [2.75, 3.05) is 18.8 Å². The summed E-state index contributed by atoms with van der Waals surface area (Å²) >= 11 is 9.35. The molecule has 0 saturated carbocycles. The standard InChI is InChI=1S/C26H24ClN5OS2/c1-2-20-26(33)32(10-9-19-12-17-14-29-24(28)13-23(17)35-19)25(22-4-3-11-34-22)30-15-21(31-20)16-5-7-18(27)8-6-16/h2-8,11-14,21,31H,9-10,15H2,1H3,(H2,28,29)/b20-2-,30-25?/t21-/m0/s1. The molecule has 0 unspecified atom stereocenters. The van der Waals surface area contributed by atoms with Crippen LogP contribution in [0, 0.1) is 0 Å². The average molecular weight is 522 g/mol. The molecule has 5 rings (SSSR count). The SMILES string of the molecule is C/C=C1\N[C@H](c2ccc(Cl)cc2)CN=C(c2cccs2)N(CCc2cc3cnc(N)cc3s2)C1=O. The molecule has 6 nitrogen and oxygen atoms in total. The molecule has 3 N–H and O–H groups in total. The third-order valence-corrected chi connectivity index (χ3v) is 8.12. The van der Waals surface area contributed by atoms with E-state index in [0.717, 1.165) is 20.5 Å². The van der Waals surface area contributed by atoms with Crippen molar-refractivity contribution in [2.24, 2.45) is 4.99 Å². The predicted octanol–water partition coefficient (Wildman–Crippen LogP) is 5.66. The van der Waals surface area contributed by atoms with Gasteiger partial charge in [0.2, 0.25) is 0 Å². The lowest BCUT2D eigenvalue weighted by Crippen LogP contribution is -2.45. The van der Waals surface area contributed by atoms with E-state index in [0.29, 0.717) is 41.9 Å². The number of amides is 1. The van der Waals surface area contributed by atoms with Crippen molar-refractivity contribution in [2.45, 2.75) is 19.4 Å². The number of thiophene rings is 2. The third kappa shape index (κ3) is 5.10. The number of pyridine rings is 1. The fourth-order valence-electron chi connectivity index (χ4n) is 4.06. The first-order valence-electron chi connectivity index (χ1n) is 11.2. The fourth-order valence-corrected chi connectivity index (χ4v) is 6.00. The minimum atomic E-state index is -0.139. The van der Waals surface area contributed by atoms with Crippen molar-refractivity contribution in [1.29, 1.82) is 0 Å². The molecule has 0 fully saturated rings. The van der Waals surface area contributed by atoms with Gasteiger partial charge in [0.1, 0.15) is 11.7 Å².